The summed E-state index contributed by atoms with van der Waals surface area (Å²) in [6.45, 7) is 1.95. The number of fused-ring (bicyclic) bond motifs is 1. The number of ether oxygens (including phenoxy) is 2. The van der Waals surface area contributed by atoms with Crippen LogP contribution in [0.2, 0.25) is 0 Å². The van der Waals surface area contributed by atoms with Crippen LogP contribution in [0, 0.1) is 0 Å². The summed E-state index contributed by atoms with van der Waals surface area (Å²) in [4.78, 5) is 0. The molecular weight excluding hydrogens is 280 g/mol. The van der Waals surface area contributed by atoms with Crippen LogP contribution in [-0.2, 0) is 9.84 Å². The first-order valence-corrected chi connectivity index (χ1v) is 8.25. The molecule has 1 fully saturated rings. The molecule has 1 aliphatic carbocycles. The van der Waals surface area contributed by atoms with Gasteiger partial charge < -0.3 is 20.9 Å². The number of sulfone groups is 1. The monoisotopic (exact) mass is 298 g/mol. The summed E-state index contributed by atoms with van der Waals surface area (Å²) in [5.41, 5.74) is 11.9. The zero-order chi connectivity index (χ0) is 14.5. The van der Waals surface area contributed by atoms with Crippen molar-refractivity contribution in [2.24, 2.45) is 11.5 Å². The van der Waals surface area contributed by atoms with Crippen LogP contribution in [0.1, 0.15) is 18.4 Å². The third kappa shape index (κ3) is 1.81. The highest BCUT2D eigenvalue weighted by molar-refractivity contribution is 7.92. The van der Waals surface area contributed by atoms with Crippen molar-refractivity contribution in [3.8, 4) is 11.5 Å². The Morgan fingerprint density at radius 3 is 2.70 bits per heavy atom. The maximum absolute atomic E-state index is 12.2. The van der Waals surface area contributed by atoms with Gasteiger partial charge in [-0.2, -0.15) is 0 Å². The van der Waals surface area contributed by atoms with E-state index in [-0.39, 0.29) is 25.0 Å². The minimum Gasteiger partial charge on any atom is -0.454 e. The highest BCUT2D eigenvalue weighted by atomic mass is 32.2. The Bertz CT molecular complexity index is 646. The summed E-state index contributed by atoms with van der Waals surface area (Å²) in [5.74, 6) is 1.07. The molecule has 6 nitrogen and oxygen atoms in total. The summed E-state index contributed by atoms with van der Waals surface area (Å²) in [7, 11) is -3.23. The van der Waals surface area contributed by atoms with Gasteiger partial charge in [0, 0.05) is 18.2 Å². The normalized spacial score (nSPS) is 31.4. The van der Waals surface area contributed by atoms with Crippen LogP contribution in [0.25, 0.3) is 0 Å². The smallest absolute Gasteiger partial charge is 0.231 e. The molecule has 0 radical (unpaired) electrons. The lowest BCUT2D eigenvalue weighted by Gasteiger charge is -2.08. The van der Waals surface area contributed by atoms with Gasteiger partial charge in [-0.25, -0.2) is 8.42 Å². The summed E-state index contributed by atoms with van der Waals surface area (Å²) in [5, 5.41) is -0.620. The topological polar surface area (TPSA) is 105 Å². The van der Waals surface area contributed by atoms with Crippen molar-refractivity contribution < 1.29 is 17.9 Å². The standard InChI is InChI=1S/C13H18N2O4S/c1-2-20(16,17)12-11(13(12,15)6-14)8-3-4-9-10(5-8)19-7-18-9/h3-5,11-12H,2,6-7,14-15H2,1H3/t11-,12-,13-/m0/s1. The van der Waals surface area contributed by atoms with Crippen molar-refractivity contribution in [2.75, 3.05) is 19.1 Å². The fourth-order valence-electron chi connectivity index (χ4n) is 2.98. The molecule has 3 rings (SSSR count). The molecule has 4 N–H and O–H groups in total. The summed E-state index contributed by atoms with van der Waals surface area (Å²) >= 11 is 0. The maximum atomic E-state index is 12.2. The Hall–Kier alpha value is -1.31. The summed E-state index contributed by atoms with van der Waals surface area (Å²) in [6.07, 6.45) is 0. The van der Waals surface area contributed by atoms with E-state index in [0.717, 1.165) is 5.56 Å². The second-order valence-corrected chi connectivity index (χ2v) is 7.69. The lowest BCUT2D eigenvalue weighted by atomic mass is 10.1. The second kappa shape index (κ2) is 4.34. The molecule has 110 valence electrons. The Labute approximate surface area is 118 Å². The molecule has 1 heterocycles. The molecule has 0 saturated heterocycles. The lowest BCUT2D eigenvalue weighted by molar-refractivity contribution is 0.174. The van der Waals surface area contributed by atoms with Crippen molar-refractivity contribution in [1.82, 2.24) is 0 Å². The molecule has 20 heavy (non-hydrogen) atoms. The quantitative estimate of drug-likeness (QED) is 0.809. The van der Waals surface area contributed by atoms with Gasteiger partial charge in [0.15, 0.2) is 21.3 Å². The molecule has 7 heteroatoms. The molecule has 1 aliphatic heterocycles. The van der Waals surface area contributed by atoms with E-state index >= 15 is 0 Å². The summed E-state index contributed by atoms with van der Waals surface area (Å²) in [6, 6.07) is 5.42. The first kappa shape index (κ1) is 13.7. The molecule has 0 spiro atoms. The first-order chi connectivity index (χ1) is 9.44. The third-order valence-corrected chi connectivity index (χ3v) is 6.49. The number of nitrogens with two attached hydrogens (primary N) is 2. The summed E-state index contributed by atoms with van der Waals surface area (Å²) < 4.78 is 34.9. The highest BCUT2D eigenvalue weighted by Gasteiger charge is 2.67. The average Bonchev–Trinajstić information content (AvgIpc) is 2.83. The number of rotatable bonds is 4. The van der Waals surface area contributed by atoms with Crippen LogP contribution in [0.5, 0.6) is 11.5 Å². The Morgan fingerprint density at radius 1 is 1.35 bits per heavy atom. The van der Waals surface area contributed by atoms with Crippen LogP contribution in [0.3, 0.4) is 0 Å². The van der Waals surface area contributed by atoms with E-state index in [0.29, 0.717) is 11.5 Å². The minimum absolute atomic E-state index is 0.0671. The van der Waals surface area contributed by atoms with Crippen molar-refractivity contribution in [1.29, 1.82) is 0 Å². The Morgan fingerprint density at radius 2 is 2.05 bits per heavy atom. The van der Waals surface area contributed by atoms with E-state index in [2.05, 4.69) is 0 Å². The van der Waals surface area contributed by atoms with Crippen LogP contribution in [-0.4, -0.2) is 38.3 Å². The van der Waals surface area contributed by atoms with Gasteiger partial charge in [-0.15, -0.1) is 0 Å². The molecule has 1 saturated carbocycles. The van der Waals surface area contributed by atoms with Crippen LogP contribution >= 0.6 is 0 Å². The molecule has 3 atom stereocenters. The van der Waals surface area contributed by atoms with Gasteiger partial charge in [-0.05, 0) is 17.7 Å². The van der Waals surface area contributed by atoms with Gasteiger partial charge in [0.1, 0.15) is 0 Å². The van der Waals surface area contributed by atoms with Gasteiger partial charge in [0.05, 0.1) is 10.8 Å². The molecular formula is C13H18N2O4S. The van der Waals surface area contributed by atoms with E-state index in [9.17, 15) is 8.42 Å². The molecule has 0 bridgehead atoms. The molecule has 2 aliphatic rings. The van der Waals surface area contributed by atoms with E-state index in [4.69, 9.17) is 20.9 Å². The average molecular weight is 298 g/mol. The zero-order valence-corrected chi connectivity index (χ0v) is 12.0. The molecule has 1 aromatic carbocycles. The van der Waals surface area contributed by atoms with E-state index in [1.54, 1.807) is 19.1 Å². The second-order valence-electron chi connectivity index (χ2n) is 5.28. The maximum Gasteiger partial charge on any atom is 0.231 e. The van der Waals surface area contributed by atoms with Crippen LogP contribution in [0.4, 0.5) is 0 Å². The number of hydrogen-bond donors (Lipinski definition) is 2. The van der Waals surface area contributed by atoms with Crippen LogP contribution < -0.4 is 20.9 Å². The van der Waals surface area contributed by atoms with Crippen molar-refractivity contribution in [3.63, 3.8) is 0 Å². The first-order valence-electron chi connectivity index (χ1n) is 6.54. The van der Waals surface area contributed by atoms with Crippen molar-refractivity contribution in [3.05, 3.63) is 23.8 Å². The fraction of sp³-hybridized carbons (Fsp3) is 0.538. The van der Waals surface area contributed by atoms with E-state index < -0.39 is 20.6 Å². The SMILES string of the molecule is CCS(=O)(=O)[C@H]1[C@H](c2ccc3c(c2)OCO3)[C@@]1(N)CN. The minimum atomic E-state index is -3.23. The predicted octanol–water partition coefficient (Wildman–Crippen LogP) is -0.0280. The molecule has 0 amide bonds. The number of benzene rings is 1. The van der Waals surface area contributed by atoms with Gasteiger partial charge in [0.25, 0.3) is 0 Å². The van der Waals surface area contributed by atoms with E-state index in [1.165, 1.54) is 0 Å². The van der Waals surface area contributed by atoms with Crippen molar-refractivity contribution >= 4 is 9.84 Å². The van der Waals surface area contributed by atoms with Crippen molar-refractivity contribution in [2.45, 2.75) is 23.6 Å². The fourth-order valence-corrected chi connectivity index (χ4v) is 5.00. The number of hydrogen-bond acceptors (Lipinski definition) is 6. The van der Waals surface area contributed by atoms with Gasteiger partial charge >= 0.3 is 0 Å². The Kier molecular flexibility index (Phi) is 2.97. The van der Waals surface area contributed by atoms with Gasteiger partial charge in [-0.1, -0.05) is 13.0 Å². The molecule has 0 aromatic heterocycles. The Balaban J connectivity index is 1.98. The third-order valence-electron chi connectivity index (χ3n) is 4.20. The zero-order valence-electron chi connectivity index (χ0n) is 11.2. The van der Waals surface area contributed by atoms with Gasteiger partial charge in [0.2, 0.25) is 6.79 Å². The predicted molar refractivity (Wildman–Crippen MR) is 74.5 cm³/mol. The van der Waals surface area contributed by atoms with E-state index in [1.807, 2.05) is 6.07 Å². The molecule has 0 unspecified atom stereocenters. The molecule has 1 aromatic rings. The van der Waals surface area contributed by atoms with Gasteiger partial charge in [-0.3, -0.25) is 0 Å². The lowest BCUT2D eigenvalue weighted by Crippen LogP contribution is -2.39. The highest BCUT2D eigenvalue weighted by Crippen LogP contribution is 2.54. The van der Waals surface area contributed by atoms with Crippen LogP contribution in [0.15, 0.2) is 18.2 Å². The largest absolute Gasteiger partial charge is 0.454 e.